The van der Waals surface area contributed by atoms with Crippen LogP contribution in [0.15, 0.2) is 0 Å². The van der Waals surface area contributed by atoms with E-state index in [1.807, 2.05) is 0 Å². The third-order valence-electron chi connectivity index (χ3n) is 10.4. The quantitative estimate of drug-likeness (QED) is 0.515. The van der Waals surface area contributed by atoms with Crippen molar-refractivity contribution in [2.45, 2.75) is 97.8 Å². The van der Waals surface area contributed by atoms with Crippen LogP contribution in [0.1, 0.15) is 97.8 Å². The molecule has 0 aromatic rings. The minimum atomic E-state index is -0.0853. The molecule has 0 aromatic heterocycles. The lowest BCUT2D eigenvalue weighted by atomic mass is 9.42. The third-order valence-corrected chi connectivity index (χ3v) is 10.4. The molecule has 6 unspecified atom stereocenters. The van der Waals surface area contributed by atoms with Crippen LogP contribution in [0.25, 0.3) is 0 Å². The Morgan fingerprint density at radius 3 is 2.48 bits per heavy atom. The van der Waals surface area contributed by atoms with Crippen LogP contribution in [0.2, 0.25) is 0 Å². The van der Waals surface area contributed by atoms with E-state index in [-0.39, 0.29) is 5.97 Å². The normalized spacial score (nSPS) is 46.6. The SMILES string of the molecule is CCC1C(=O)C2C(CC[C@]3(C)C(CCCC(=O)OC)CCC23)[C@@]2(C)CCCCC12. The van der Waals surface area contributed by atoms with E-state index < -0.39 is 0 Å². The van der Waals surface area contributed by atoms with E-state index in [9.17, 15) is 9.59 Å². The van der Waals surface area contributed by atoms with Crippen molar-refractivity contribution >= 4 is 11.8 Å². The van der Waals surface area contributed by atoms with E-state index in [1.54, 1.807) is 0 Å². The number of Topliss-reactive ketones (excluding diaryl/α,β-unsaturated/α-hetero) is 1. The molecule has 3 heteroatoms. The van der Waals surface area contributed by atoms with Gasteiger partial charge in [0, 0.05) is 18.3 Å². The molecule has 164 valence electrons. The monoisotopic (exact) mass is 402 g/mol. The molecule has 4 saturated carbocycles. The number of hydrogen-bond donors (Lipinski definition) is 0. The molecular weight excluding hydrogens is 360 g/mol. The first-order valence-corrected chi connectivity index (χ1v) is 12.5. The molecule has 29 heavy (non-hydrogen) atoms. The molecule has 4 aliphatic carbocycles. The van der Waals surface area contributed by atoms with Gasteiger partial charge in [0.15, 0.2) is 0 Å². The summed E-state index contributed by atoms with van der Waals surface area (Å²) in [5.74, 6) is 3.68. The number of carbonyl (C=O) groups is 2. The summed E-state index contributed by atoms with van der Waals surface area (Å²) in [6.45, 7) is 7.31. The topological polar surface area (TPSA) is 43.4 Å². The summed E-state index contributed by atoms with van der Waals surface area (Å²) in [5.41, 5.74) is 0.685. The number of rotatable bonds is 5. The Balaban J connectivity index is 1.56. The number of esters is 1. The highest BCUT2D eigenvalue weighted by Crippen LogP contribution is 2.68. The lowest BCUT2D eigenvalue weighted by Crippen LogP contribution is -2.59. The smallest absolute Gasteiger partial charge is 0.305 e. The second-order valence-corrected chi connectivity index (χ2v) is 11.3. The number of hydrogen-bond acceptors (Lipinski definition) is 3. The van der Waals surface area contributed by atoms with Crippen molar-refractivity contribution in [3.63, 3.8) is 0 Å². The maximum absolute atomic E-state index is 13.9. The predicted molar refractivity (Wildman–Crippen MR) is 115 cm³/mol. The van der Waals surface area contributed by atoms with Crippen molar-refractivity contribution < 1.29 is 14.3 Å². The van der Waals surface area contributed by atoms with Gasteiger partial charge in [0.2, 0.25) is 0 Å². The zero-order valence-electron chi connectivity index (χ0n) is 19.2. The zero-order valence-corrected chi connectivity index (χ0v) is 19.2. The fourth-order valence-corrected chi connectivity index (χ4v) is 8.89. The molecule has 4 fully saturated rings. The molecule has 0 bridgehead atoms. The summed E-state index contributed by atoms with van der Waals surface area (Å²) in [4.78, 5) is 25.4. The van der Waals surface area contributed by atoms with Gasteiger partial charge in [0.1, 0.15) is 5.78 Å². The Kier molecular flexibility index (Phi) is 5.90. The zero-order chi connectivity index (χ0) is 20.8. The summed E-state index contributed by atoms with van der Waals surface area (Å²) < 4.78 is 4.83. The van der Waals surface area contributed by atoms with Gasteiger partial charge < -0.3 is 4.74 Å². The van der Waals surface area contributed by atoms with Crippen LogP contribution in [0, 0.1) is 46.3 Å². The molecule has 0 N–H and O–H groups in total. The fourth-order valence-electron chi connectivity index (χ4n) is 8.89. The molecule has 8 atom stereocenters. The van der Waals surface area contributed by atoms with Gasteiger partial charge in [-0.3, -0.25) is 9.59 Å². The first kappa shape index (κ1) is 21.4. The maximum Gasteiger partial charge on any atom is 0.305 e. The van der Waals surface area contributed by atoms with E-state index in [2.05, 4.69) is 20.8 Å². The fraction of sp³-hybridized carbons (Fsp3) is 0.923. The van der Waals surface area contributed by atoms with Crippen LogP contribution in [0.4, 0.5) is 0 Å². The molecule has 4 rings (SSSR count). The van der Waals surface area contributed by atoms with Gasteiger partial charge in [-0.2, -0.15) is 0 Å². The average molecular weight is 403 g/mol. The second kappa shape index (κ2) is 8.00. The van der Waals surface area contributed by atoms with Crippen molar-refractivity contribution in [1.82, 2.24) is 0 Å². The van der Waals surface area contributed by atoms with E-state index in [0.717, 1.165) is 19.3 Å². The first-order chi connectivity index (χ1) is 13.9. The number of fused-ring (bicyclic) bond motifs is 5. The van der Waals surface area contributed by atoms with Gasteiger partial charge in [-0.25, -0.2) is 0 Å². The molecule has 3 nitrogen and oxygen atoms in total. The second-order valence-electron chi connectivity index (χ2n) is 11.3. The molecular formula is C26H42O3. The molecule has 0 spiro atoms. The van der Waals surface area contributed by atoms with Gasteiger partial charge in [0.05, 0.1) is 7.11 Å². The van der Waals surface area contributed by atoms with Crippen molar-refractivity contribution in [2.75, 3.05) is 7.11 Å². The van der Waals surface area contributed by atoms with Crippen LogP contribution >= 0.6 is 0 Å². The Morgan fingerprint density at radius 2 is 1.76 bits per heavy atom. The summed E-state index contributed by atoms with van der Waals surface area (Å²) in [5, 5.41) is 0. The number of ether oxygens (including phenoxy) is 1. The Hall–Kier alpha value is -0.860. The first-order valence-electron chi connectivity index (χ1n) is 12.5. The average Bonchev–Trinajstić information content (AvgIpc) is 3.05. The molecule has 0 heterocycles. The molecule has 0 aromatic carbocycles. The van der Waals surface area contributed by atoms with Crippen LogP contribution < -0.4 is 0 Å². The van der Waals surface area contributed by atoms with Crippen molar-refractivity contribution in [1.29, 1.82) is 0 Å². The highest BCUT2D eigenvalue weighted by atomic mass is 16.5. The highest BCUT2D eigenvalue weighted by Gasteiger charge is 2.63. The van der Waals surface area contributed by atoms with E-state index in [1.165, 1.54) is 58.5 Å². The lowest BCUT2D eigenvalue weighted by Gasteiger charge is -2.61. The Morgan fingerprint density at radius 1 is 1.00 bits per heavy atom. The summed E-state index contributed by atoms with van der Waals surface area (Å²) in [7, 11) is 1.48. The lowest BCUT2D eigenvalue weighted by molar-refractivity contribution is -0.167. The van der Waals surface area contributed by atoms with Gasteiger partial charge >= 0.3 is 5.97 Å². The maximum atomic E-state index is 13.9. The van der Waals surface area contributed by atoms with E-state index in [4.69, 9.17) is 4.74 Å². The molecule has 0 amide bonds. The Labute approximate surface area is 177 Å². The Bertz CT molecular complexity index is 642. The molecule has 4 aliphatic rings. The van der Waals surface area contributed by atoms with E-state index in [0.29, 0.717) is 58.5 Å². The molecule has 0 saturated heterocycles. The standard InChI is InChI=1S/C26H42O3/c1-5-18-19-10-6-7-15-26(19,3)21-14-16-25(2)17(9-8-11-22(27)29-4)12-13-20(25)23(21)24(18)28/h17-21,23H,5-16H2,1-4H3/t17?,18?,19?,20?,21?,23?,25-,26+/m1/s1. The third kappa shape index (κ3) is 3.30. The van der Waals surface area contributed by atoms with Crippen LogP contribution in [-0.2, 0) is 14.3 Å². The van der Waals surface area contributed by atoms with Gasteiger partial charge in [-0.05, 0) is 92.3 Å². The minimum Gasteiger partial charge on any atom is -0.469 e. The summed E-state index contributed by atoms with van der Waals surface area (Å²) in [6, 6.07) is 0. The van der Waals surface area contributed by atoms with E-state index >= 15 is 0 Å². The van der Waals surface area contributed by atoms with Crippen LogP contribution in [0.5, 0.6) is 0 Å². The summed E-state index contributed by atoms with van der Waals surface area (Å²) >= 11 is 0. The van der Waals surface area contributed by atoms with Crippen molar-refractivity contribution in [3.8, 4) is 0 Å². The summed E-state index contributed by atoms with van der Waals surface area (Å²) in [6.07, 6.45) is 13.9. The van der Waals surface area contributed by atoms with Crippen molar-refractivity contribution in [2.24, 2.45) is 46.3 Å². The number of carbonyl (C=O) groups excluding carboxylic acids is 2. The van der Waals surface area contributed by atoms with Crippen LogP contribution in [0.3, 0.4) is 0 Å². The molecule has 0 aliphatic heterocycles. The van der Waals surface area contributed by atoms with Gasteiger partial charge in [-0.15, -0.1) is 0 Å². The minimum absolute atomic E-state index is 0.0853. The number of methoxy groups -OCH3 is 1. The molecule has 0 radical (unpaired) electrons. The predicted octanol–water partition coefficient (Wildman–Crippen LogP) is 6.19. The highest BCUT2D eigenvalue weighted by molar-refractivity contribution is 5.86. The van der Waals surface area contributed by atoms with Gasteiger partial charge in [-0.1, -0.05) is 33.6 Å². The van der Waals surface area contributed by atoms with Crippen molar-refractivity contribution in [3.05, 3.63) is 0 Å². The largest absolute Gasteiger partial charge is 0.469 e. The van der Waals surface area contributed by atoms with Gasteiger partial charge in [0.25, 0.3) is 0 Å². The number of ketones is 1. The van der Waals surface area contributed by atoms with Crippen LogP contribution in [-0.4, -0.2) is 18.9 Å².